The van der Waals surface area contributed by atoms with Gasteiger partial charge in [0.1, 0.15) is 5.82 Å². The van der Waals surface area contributed by atoms with Gasteiger partial charge in [-0.3, -0.25) is 4.98 Å². The Bertz CT molecular complexity index is 814. The molecule has 1 aromatic carbocycles. The summed E-state index contributed by atoms with van der Waals surface area (Å²) in [6, 6.07) is 9.38. The maximum Gasteiger partial charge on any atom is 0.142 e. The topological polar surface area (TPSA) is 54.5 Å². The summed E-state index contributed by atoms with van der Waals surface area (Å²) < 4.78 is 1.96. The number of aryl methyl sites for hydroxylation is 1. The first kappa shape index (κ1) is 11.7. The standard InChI is InChI=1S/C14H9ClN4/c1-19-13-3-2-9(7-16)6-12(13)18-14(19)10-4-5-17-8-11(10)15/h2-6,8H,1H3. The Hall–Kier alpha value is -2.38. The summed E-state index contributed by atoms with van der Waals surface area (Å²) in [5.74, 6) is 0.762. The van der Waals surface area contributed by atoms with E-state index < -0.39 is 0 Å². The smallest absolute Gasteiger partial charge is 0.142 e. The van der Waals surface area contributed by atoms with Gasteiger partial charge in [0.2, 0.25) is 0 Å². The number of rotatable bonds is 1. The Labute approximate surface area is 114 Å². The fourth-order valence-corrected chi connectivity index (χ4v) is 2.27. The van der Waals surface area contributed by atoms with Gasteiger partial charge in [0.05, 0.1) is 27.7 Å². The van der Waals surface area contributed by atoms with Crippen molar-refractivity contribution in [3.8, 4) is 17.5 Å². The number of hydrogen-bond donors (Lipinski definition) is 0. The summed E-state index contributed by atoms with van der Waals surface area (Å²) in [7, 11) is 1.92. The number of benzene rings is 1. The quantitative estimate of drug-likeness (QED) is 0.681. The average molecular weight is 269 g/mol. The zero-order chi connectivity index (χ0) is 13.4. The number of aromatic nitrogens is 3. The number of pyridine rings is 1. The molecule has 0 saturated heterocycles. The van der Waals surface area contributed by atoms with E-state index in [1.807, 2.05) is 23.7 Å². The van der Waals surface area contributed by atoms with E-state index in [9.17, 15) is 0 Å². The van der Waals surface area contributed by atoms with Gasteiger partial charge in [-0.15, -0.1) is 0 Å². The minimum Gasteiger partial charge on any atom is -0.327 e. The van der Waals surface area contributed by atoms with Crippen LogP contribution in [0.4, 0.5) is 0 Å². The summed E-state index contributed by atoms with van der Waals surface area (Å²) in [5.41, 5.74) is 3.16. The van der Waals surface area contributed by atoms with Crippen LogP contribution in [0.3, 0.4) is 0 Å². The van der Waals surface area contributed by atoms with E-state index in [0.717, 1.165) is 22.4 Å². The molecule has 2 heterocycles. The average Bonchev–Trinajstić information content (AvgIpc) is 2.76. The fraction of sp³-hybridized carbons (Fsp3) is 0.0714. The van der Waals surface area contributed by atoms with Gasteiger partial charge in [0.15, 0.2) is 0 Å². The molecule has 0 radical (unpaired) electrons. The highest BCUT2D eigenvalue weighted by atomic mass is 35.5. The van der Waals surface area contributed by atoms with Crippen LogP contribution in [0.25, 0.3) is 22.4 Å². The summed E-state index contributed by atoms with van der Waals surface area (Å²) in [5, 5.41) is 9.48. The highest BCUT2D eigenvalue weighted by Crippen LogP contribution is 2.28. The van der Waals surface area contributed by atoms with E-state index in [1.165, 1.54) is 0 Å². The van der Waals surface area contributed by atoms with Gasteiger partial charge in [-0.05, 0) is 24.3 Å². The molecule has 0 fully saturated rings. The highest BCUT2D eigenvalue weighted by Gasteiger charge is 2.12. The monoisotopic (exact) mass is 268 g/mol. The van der Waals surface area contributed by atoms with Gasteiger partial charge in [-0.1, -0.05) is 11.6 Å². The van der Waals surface area contributed by atoms with E-state index in [4.69, 9.17) is 16.9 Å². The van der Waals surface area contributed by atoms with E-state index in [0.29, 0.717) is 10.6 Å². The van der Waals surface area contributed by atoms with Crippen molar-refractivity contribution in [2.24, 2.45) is 7.05 Å². The number of imidazole rings is 1. The second kappa shape index (κ2) is 4.38. The SMILES string of the molecule is Cn1c(-c2ccncc2Cl)nc2cc(C#N)ccc21. The third-order valence-corrected chi connectivity index (χ3v) is 3.32. The lowest BCUT2D eigenvalue weighted by molar-refractivity contribution is 0.958. The largest absolute Gasteiger partial charge is 0.327 e. The van der Waals surface area contributed by atoms with Crippen molar-refractivity contribution in [2.75, 3.05) is 0 Å². The molecule has 0 saturated carbocycles. The Morgan fingerprint density at radius 2 is 2.16 bits per heavy atom. The third-order valence-electron chi connectivity index (χ3n) is 3.02. The van der Waals surface area contributed by atoms with Gasteiger partial charge < -0.3 is 4.57 Å². The number of nitriles is 1. The molecule has 3 aromatic rings. The van der Waals surface area contributed by atoms with Crippen molar-refractivity contribution in [1.29, 1.82) is 5.26 Å². The fourth-order valence-electron chi connectivity index (χ4n) is 2.07. The molecule has 4 nitrogen and oxygen atoms in total. The lowest BCUT2D eigenvalue weighted by Gasteiger charge is -2.03. The van der Waals surface area contributed by atoms with E-state index in [-0.39, 0.29) is 0 Å². The van der Waals surface area contributed by atoms with Crippen molar-refractivity contribution < 1.29 is 0 Å². The van der Waals surface area contributed by atoms with Crippen molar-refractivity contribution in [3.63, 3.8) is 0 Å². The molecule has 2 aromatic heterocycles. The predicted octanol–water partition coefficient (Wildman–Crippen LogP) is 3.16. The van der Waals surface area contributed by atoms with E-state index in [1.54, 1.807) is 24.5 Å². The van der Waals surface area contributed by atoms with Crippen LogP contribution in [0, 0.1) is 11.3 Å². The Balaban J connectivity index is 2.29. The zero-order valence-corrected chi connectivity index (χ0v) is 10.9. The lowest BCUT2D eigenvalue weighted by atomic mass is 10.2. The molecule has 0 aliphatic heterocycles. The minimum atomic E-state index is 0.557. The molecular weight excluding hydrogens is 260 g/mol. The molecule has 0 amide bonds. The zero-order valence-electron chi connectivity index (χ0n) is 10.1. The van der Waals surface area contributed by atoms with Crippen LogP contribution in [0.2, 0.25) is 5.02 Å². The van der Waals surface area contributed by atoms with Crippen LogP contribution in [0.5, 0.6) is 0 Å². The van der Waals surface area contributed by atoms with Gasteiger partial charge in [-0.2, -0.15) is 5.26 Å². The summed E-state index contributed by atoms with van der Waals surface area (Å²) >= 11 is 6.15. The van der Waals surface area contributed by atoms with Gasteiger partial charge in [0.25, 0.3) is 0 Å². The molecule has 0 atom stereocenters. The molecule has 0 N–H and O–H groups in total. The van der Waals surface area contributed by atoms with Crippen LogP contribution in [-0.4, -0.2) is 14.5 Å². The molecular formula is C14H9ClN4. The van der Waals surface area contributed by atoms with Crippen molar-refractivity contribution in [2.45, 2.75) is 0 Å². The molecule has 3 rings (SSSR count). The molecule has 5 heteroatoms. The van der Waals surface area contributed by atoms with Gasteiger partial charge in [-0.25, -0.2) is 4.98 Å². The Morgan fingerprint density at radius 3 is 2.89 bits per heavy atom. The van der Waals surface area contributed by atoms with Crippen LogP contribution in [0.15, 0.2) is 36.7 Å². The number of nitrogens with zero attached hydrogens (tertiary/aromatic N) is 4. The second-order valence-corrected chi connectivity index (χ2v) is 4.57. The maximum absolute atomic E-state index is 8.92. The third kappa shape index (κ3) is 1.85. The molecule has 0 spiro atoms. The first-order chi connectivity index (χ1) is 9.20. The summed E-state index contributed by atoms with van der Waals surface area (Å²) in [6.45, 7) is 0. The molecule has 19 heavy (non-hydrogen) atoms. The van der Waals surface area contributed by atoms with Gasteiger partial charge in [0, 0.05) is 25.0 Å². The van der Waals surface area contributed by atoms with Crippen molar-refractivity contribution in [1.82, 2.24) is 14.5 Å². The molecule has 0 aliphatic carbocycles. The van der Waals surface area contributed by atoms with Crippen LogP contribution >= 0.6 is 11.6 Å². The minimum absolute atomic E-state index is 0.557. The van der Waals surface area contributed by atoms with Crippen LogP contribution in [0.1, 0.15) is 5.56 Å². The van der Waals surface area contributed by atoms with E-state index in [2.05, 4.69) is 16.0 Å². The molecule has 92 valence electrons. The Morgan fingerprint density at radius 1 is 1.32 bits per heavy atom. The number of hydrogen-bond acceptors (Lipinski definition) is 3. The highest BCUT2D eigenvalue weighted by molar-refractivity contribution is 6.33. The lowest BCUT2D eigenvalue weighted by Crippen LogP contribution is -1.93. The van der Waals surface area contributed by atoms with Crippen LogP contribution in [-0.2, 0) is 7.05 Å². The normalized spacial score (nSPS) is 10.6. The summed E-state index contributed by atoms with van der Waals surface area (Å²) in [4.78, 5) is 8.52. The predicted molar refractivity (Wildman–Crippen MR) is 73.7 cm³/mol. The maximum atomic E-state index is 8.92. The summed E-state index contributed by atoms with van der Waals surface area (Å²) in [6.07, 6.45) is 3.28. The first-order valence-electron chi connectivity index (χ1n) is 5.67. The molecule has 0 unspecified atom stereocenters. The number of fused-ring (bicyclic) bond motifs is 1. The van der Waals surface area contributed by atoms with Gasteiger partial charge >= 0.3 is 0 Å². The van der Waals surface area contributed by atoms with Crippen molar-refractivity contribution in [3.05, 3.63) is 47.2 Å². The van der Waals surface area contributed by atoms with Crippen molar-refractivity contribution >= 4 is 22.6 Å². The van der Waals surface area contributed by atoms with Crippen LogP contribution < -0.4 is 0 Å². The second-order valence-electron chi connectivity index (χ2n) is 4.17. The Kier molecular flexibility index (Phi) is 2.69. The molecule has 0 aliphatic rings. The van der Waals surface area contributed by atoms with E-state index >= 15 is 0 Å². The molecule has 0 bridgehead atoms. The first-order valence-corrected chi connectivity index (χ1v) is 6.05. The number of halogens is 1.